The maximum atomic E-state index is 13.5. The molecule has 37 heavy (non-hydrogen) atoms. The average Bonchev–Trinajstić information content (AvgIpc) is 3.45. The number of carbonyl (C=O) groups excluding carboxylic acids is 2. The fraction of sp³-hybridized carbons (Fsp3) is 0.207. The number of amides is 1. The Morgan fingerprint density at radius 2 is 1.84 bits per heavy atom. The summed E-state index contributed by atoms with van der Waals surface area (Å²) >= 11 is 1.29. The zero-order valence-corrected chi connectivity index (χ0v) is 21.5. The quantitative estimate of drug-likeness (QED) is 0.184. The highest BCUT2D eigenvalue weighted by Gasteiger charge is 2.48. The number of anilines is 1. The van der Waals surface area contributed by atoms with E-state index in [1.807, 2.05) is 50.2 Å². The number of nitrogens with zero attached hydrogens (tertiary/aromatic N) is 2. The van der Waals surface area contributed by atoms with Gasteiger partial charge in [0.1, 0.15) is 17.3 Å². The normalized spacial score (nSPS) is 16.9. The van der Waals surface area contributed by atoms with Crippen LogP contribution in [0.3, 0.4) is 0 Å². The van der Waals surface area contributed by atoms with Crippen LogP contribution in [0.4, 0.5) is 5.13 Å². The zero-order valence-electron chi connectivity index (χ0n) is 20.7. The van der Waals surface area contributed by atoms with Gasteiger partial charge >= 0.3 is 5.91 Å². The van der Waals surface area contributed by atoms with Crippen LogP contribution in [-0.4, -0.2) is 35.5 Å². The van der Waals surface area contributed by atoms with Gasteiger partial charge < -0.3 is 14.6 Å². The molecule has 1 aliphatic rings. The number of Topliss-reactive ketones (excluding diaryl/α,β-unsaturated/α-hetero) is 1. The number of fused-ring (bicyclic) bond motifs is 1. The molecule has 0 spiro atoms. The lowest BCUT2D eigenvalue weighted by molar-refractivity contribution is -0.132. The Bertz CT molecular complexity index is 1520. The van der Waals surface area contributed by atoms with Gasteiger partial charge in [-0.3, -0.25) is 14.5 Å². The minimum absolute atomic E-state index is 0.0123. The number of aliphatic hydroxyl groups excluding tert-OH is 1. The number of aryl methyl sites for hydroxylation is 1. The van der Waals surface area contributed by atoms with E-state index in [1.165, 1.54) is 16.2 Å². The maximum Gasteiger partial charge on any atom is 0.301 e. The summed E-state index contributed by atoms with van der Waals surface area (Å²) < 4.78 is 11.9. The summed E-state index contributed by atoms with van der Waals surface area (Å²) in [5, 5.41) is 11.8. The second-order valence-corrected chi connectivity index (χ2v) is 9.80. The summed E-state index contributed by atoms with van der Waals surface area (Å²) in [6, 6.07) is 19.1. The number of carbonyl (C=O) groups is 2. The summed E-state index contributed by atoms with van der Waals surface area (Å²) in [6.45, 7) is 4.49. The molecule has 188 valence electrons. The standard InChI is InChI=1S/C29H26N2O5S/c1-4-14-36-21-7-5-6-19(15-21)26(32)24-25(18-10-8-17(2)9-11-18)31(28(34)27(24)33)29-30-22-13-12-20(35-3)16-23(22)37-29/h5-13,15-16,25,32H,4,14H2,1-3H3/b26-24+. The molecule has 1 saturated heterocycles. The largest absolute Gasteiger partial charge is 0.507 e. The molecule has 3 aromatic carbocycles. The van der Waals surface area contributed by atoms with Gasteiger partial charge in [-0.25, -0.2) is 4.98 Å². The summed E-state index contributed by atoms with van der Waals surface area (Å²) in [4.78, 5) is 32.9. The van der Waals surface area contributed by atoms with Crippen molar-refractivity contribution in [3.8, 4) is 11.5 Å². The molecule has 1 unspecified atom stereocenters. The van der Waals surface area contributed by atoms with E-state index in [0.717, 1.165) is 16.7 Å². The fourth-order valence-electron chi connectivity index (χ4n) is 4.33. The van der Waals surface area contributed by atoms with Crippen molar-refractivity contribution in [2.45, 2.75) is 26.3 Å². The van der Waals surface area contributed by atoms with E-state index in [0.29, 0.717) is 39.9 Å². The van der Waals surface area contributed by atoms with Crippen LogP contribution in [0.5, 0.6) is 11.5 Å². The second kappa shape index (κ2) is 10.1. The van der Waals surface area contributed by atoms with Crippen molar-refractivity contribution in [3.63, 3.8) is 0 Å². The molecule has 0 radical (unpaired) electrons. The lowest BCUT2D eigenvalue weighted by Gasteiger charge is -2.23. The van der Waals surface area contributed by atoms with Crippen LogP contribution >= 0.6 is 11.3 Å². The van der Waals surface area contributed by atoms with E-state index < -0.39 is 17.7 Å². The number of hydrogen-bond acceptors (Lipinski definition) is 7. The molecule has 4 aromatic rings. The molecule has 1 N–H and O–H groups in total. The maximum absolute atomic E-state index is 13.5. The molecule has 1 atom stereocenters. The number of aliphatic hydroxyl groups is 1. The molecule has 0 saturated carbocycles. The van der Waals surface area contributed by atoms with Crippen LogP contribution in [0.15, 0.2) is 72.3 Å². The van der Waals surface area contributed by atoms with Crippen molar-refractivity contribution in [1.29, 1.82) is 0 Å². The Labute approximate surface area is 218 Å². The Morgan fingerprint density at radius 1 is 1.05 bits per heavy atom. The van der Waals surface area contributed by atoms with Gasteiger partial charge in [0, 0.05) is 5.56 Å². The highest BCUT2D eigenvalue weighted by molar-refractivity contribution is 7.22. The lowest BCUT2D eigenvalue weighted by atomic mass is 9.95. The summed E-state index contributed by atoms with van der Waals surface area (Å²) in [6.07, 6.45) is 0.836. The van der Waals surface area contributed by atoms with Gasteiger partial charge in [0.25, 0.3) is 5.78 Å². The van der Waals surface area contributed by atoms with E-state index >= 15 is 0 Å². The molecule has 1 amide bonds. The first kappa shape index (κ1) is 24.5. The Balaban J connectivity index is 1.67. The molecule has 7 nitrogen and oxygen atoms in total. The van der Waals surface area contributed by atoms with Crippen molar-refractivity contribution in [2.75, 3.05) is 18.6 Å². The molecule has 1 aromatic heterocycles. The third kappa shape index (κ3) is 4.56. The molecule has 2 heterocycles. The van der Waals surface area contributed by atoms with Crippen molar-refractivity contribution >= 4 is 44.1 Å². The molecule has 1 fully saturated rings. The molecule has 0 aliphatic carbocycles. The zero-order chi connectivity index (χ0) is 26.1. The van der Waals surface area contributed by atoms with Crippen molar-refractivity contribution in [1.82, 2.24) is 4.98 Å². The number of thiazole rings is 1. The van der Waals surface area contributed by atoms with E-state index in [1.54, 1.807) is 37.4 Å². The van der Waals surface area contributed by atoms with Crippen LogP contribution in [0.1, 0.15) is 36.1 Å². The van der Waals surface area contributed by atoms with Crippen LogP contribution in [0.2, 0.25) is 0 Å². The SMILES string of the molecule is CCCOc1cccc(/C(O)=C2\C(=O)C(=O)N(c3nc4ccc(OC)cc4s3)C2c2ccc(C)cc2)c1. The Morgan fingerprint density at radius 3 is 2.57 bits per heavy atom. The van der Waals surface area contributed by atoms with Crippen molar-refractivity contribution in [2.24, 2.45) is 0 Å². The minimum Gasteiger partial charge on any atom is -0.507 e. The van der Waals surface area contributed by atoms with Gasteiger partial charge in [0.05, 0.1) is 35.5 Å². The number of benzene rings is 3. The van der Waals surface area contributed by atoms with Gasteiger partial charge in [0.2, 0.25) is 0 Å². The lowest BCUT2D eigenvalue weighted by Crippen LogP contribution is -2.29. The third-order valence-electron chi connectivity index (χ3n) is 6.21. The van der Waals surface area contributed by atoms with E-state index in [4.69, 9.17) is 9.47 Å². The number of rotatable bonds is 7. The third-order valence-corrected chi connectivity index (χ3v) is 7.23. The first-order chi connectivity index (χ1) is 17.9. The first-order valence-corrected chi connectivity index (χ1v) is 12.8. The molecule has 1 aliphatic heterocycles. The van der Waals surface area contributed by atoms with Gasteiger partial charge in [0.15, 0.2) is 5.13 Å². The van der Waals surface area contributed by atoms with Crippen molar-refractivity contribution in [3.05, 3.63) is 89.0 Å². The highest BCUT2D eigenvalue weighted by atomic mass is 32.1. The van der Waals surface area contributed by atoms with E-state index in [2.05, 4.69) is 4.98 Å². The number of hydrogen-bond donors (Lipinski definition) is 1. The first-order valence-electron chi connectivity index (χ1n) is 12.0. The monoisotopic (exact) mass is 514 g/mol. The average molecular weight is 515 g/mol. The molecule has 8 heteroatoms. The molecule has 0 bridgehead atoms. The van der Waals surface area contributed by atoms with Crippen LogP contribution < -0.4 is 14.4 Å². The van der Waals surface area contributed by atoms with E-state index in [9.17, 15) is 14.7 Å². The summed E-state index contributed by atoms with van der Waals surface area (Å²) in [5.74, 6) is -0.510. The minimum atomic E-state index is -0.844. The topological polar surface area (TPSA) is 89.0 Å². The summed E-state index contributed by atoms with van der Waals surface area (Å²) in [5.41, 5.74) is 2.83. The smallest absolute Gasteiger partial charge is 0.301 e. The highest BCUT2D eigenvalue weighted by Crippen LogP contribution is 2.44. The Hall–Kier alpha value is -4.17. The van der Waals surface area contributed by atoms with Gasteiger partial charge in [-0.05, 0) is 49.2 Å². The predicted molar refractivity (Wildman–Crippen MR) is 144 cm³/mol. The summed E-state index contributed by atoms with van der Waals surface area (Å²) in [7, 11) is 1.58. The van der Waals surface area contributed by atoms with Crippen LogP contribution in [0, 0.1) is 6.92 Å². The molecular weight excluding hydrogens is 488 g/mol. The number of aromatic nitrogens is 1. The van der Waals surface area contributed by atoms with Crippen molar-refractivity contribution < 1.29 is 24.2 Å². The Kier molecular flexibility index (Phi) is 6.67. The predicted octanol–water partition coefficient (Wildman–Crippen LogP) is 6.03. The van der Waals surface area contributed by atoms with E-state index in [-0.39, 0.29) is 11.3 Å². The molecular formula is C29H26N2O5S. The van der Waals surface area contributed by atoms with Gasteiger partial charge in [-0.2, -0.15) is 0 Å². The number of methoxy groups -OCH3 is 1. The number of ether oxygens (including phenoxy) is 2. The van der Waals surface area contributed by atoms with Gasteiger partial charge in [-0.15, -0.1) is 0 Å². The van der Waals surface area contributed by atoms with Crippen LogP contribution in [0.25, 0.3) is 16.0 Å². The fourth-order valence-corrected chi connectivity index (χ4v) is 5.35. The number of ketones is 1. The van der Waals surface area contributed by atoms with Crippen LogP contribution in [-0.2, 0) is 9.59 Å². The van der Waals surface area contributed by atoms with Gasteiger partial charge in [-0.1, -0.05) is 60.2 Å². The molecule has 5 rings (SSSR count). The second-order valence-electron chi connectivity index (χ2n) is 8.79.